The largest absolute Gasteiger partial charge is 0.313 e. The van der Waals surface area contributed by atoms with E-state index in [9.17, 15) is 8.42 Å². The number of hydrogen-bond acceptors (Lipinski definition) is 3. The maximum atomic E-state index is 12.5. The summed E-state index contributed by atoms with van der Waals surface area (Å²) in [5.41, 5.74) is 3.11. The SMILES string of the molecule is CCNCc1cccc(CS(=O)(=O)N2CCC=C(C)C2)c1. The van der Waals surface area contributed by atoms with Crippen LogP contribution in [0.2, 0.25) is 0 Å². The summed E-state index contributed by atoms with van der Waals surface area (Å²) in [5.74, 6) is 0.0836. The standard InChI is InChI=1S/C16H24N2O2S/c1-3-17-11-15-7-4-8-16(10-15)13-21(19,20)18-9-5-6-14(2)12-18/h4,6-8,10,17H,3,5,9,11-13H2,1-2H3. The number of hydrogen-bond donors (Lipinski definition) is 1. The fraction of sp³-hybridized carbons (Fsp3) is 0.500. The molecule has 0 aromatic heterocycles. The van der Waals surface area contributed by atoms with Crippen molar-refractivity contribution in [3.63, 3.8) is 0 Å². The summed E-state index contributed by atoms with van der Waals surface area (Å²) < 4.78 is 26.6. The van der Waals surface area contributed by atoms with Gasteiger partial charge in [0.15, 0.2) is 0 Å². The number of benzene rings is 1. The van der Waals surface area contributed by atoms with Crippen molar-refractivity contribution in [2.75, 3.05) is 19.6 Å². The van der Waals surface area contributed by atoms with Crippen LogP contribution in [0, 0.1) is 0 Å². The molecule has 21 heavy (non-hydrogen) atoms. The minimum atomic E-state index is -3.23. The Labute approximate surface area is 127 Å². The van der Waals surface area contributed by atoms with Gasteiger partial charge in [-0.25, -0.2) is 8.42 Å². The van der Waals surface area contributed by atoms with Crippen LogP contribution in [0.25, 0.3) is 0 Å². The molecule has 0 saturated heterocycles. The molecule has 0 radical (unpaired) electrons. The van der Waals surface area contributed by atoms with Crippen LogP contribution in [0.1, 0.15) is 31.4 Å². The minimum Gasteiger partial charge on any atom is -0.313 e. The van der Waals surface area contributed by atoms with Gasteiger partial charge in [0.05, 0.1) is 5.75 Å². The Morgan fingerprint density at radius 1 is 1.29 bits per heavy atom. The second kappa shape index (κ2) is 7.20. The Hall–Kier alpha value is -1.17. The smallest absolute Gasteiger partial charge is 0.218 e. The molecule has 0 bridgehead atoms. The third kappa shape index (κ3) is 4.66. The first-order chi connectivity index (χ1) is 10.0. The summed E-state index contributed by atoms with van der Waals surface area (Å²) in [4.78, 5) is 0. The van der Waals surface area contributed by atoms with Gasteiger partial charge >= 0.3 is 0 Å². The van der Waals surface area contributed by atoms with E-state index in [1.165, 1.54) is 0 Å². The molecular formula is C16H24N2O2S. The maximum Gasteiger partial charge on any atom is 0.218 e. The van der Waals surface area contributed by atoms with Gasteiger partial charge < -0.3 is 5.32 Å². The van der Waals surface area contributed by atoms with Gasteiger partial charge in [0.1, 0.15) is 0 Å². The Kier molecular flexibility index (Phi) is 5.56. The van der Waals surface area contributed by atoms with Crippen molar-refractivity contribution in [3.05, 3.63) is 47.0 Å². The number of nitrogens with one attached hydrogen (secondary N) is 1. The van der Waals surface area contributed by atoms with Crippen LogP contribution >= 0.6 is 0 Å². The van der Waals surface area contributed by atoms with Gasteiger partial charge in [-0.05, 0) is 31.0 Å². The van der Waals surface area contributed by atoms with Crippen molar-refractivity contribution in [2.24, 2.45) is 0 Å². The van der Waals surface area contributed by atoms with Gasteiger partial charge in [-0.15, -0.1) is 0 Å². The second-order valence-corrected chi connectivity index (χ2v) is 7.50. The van der Waals surface area contributed by atoms with Crippen LogP contribution in [-0.4, -0.2) is 32.4 Å². The summed E-state index contributed by atoms with van der Waals surface area (Å²) in [7, 11) is -3.23. The van der Waals surface area contributed by atoms with Gasteiger partial charge in [0, 0.05) is 19.6 Å². The highest BCUT2D eigenvalue weighted by Crippen LogP contribution is 2.17. The van der Waals surface area contributed by atoms with Crippen LogP contribution in [0.3, 0.4) is 0 Å². The lowest BCUT2D eigenvalue weighted by atomic mass is 10.1. The third-order valence-electron chi connectivity index (χ3n) is 3.61. The molecule has 1 aromatic carbocycles. The topological polar surface area (TPSA) is 49.4 Å². The molecule has 5 heteroatoms. The molecule has 0 spiro atoms. The van der Waals surface area contributed by atoms with Crippen LogP contribution in [0.15, 0.2) is 35.9 Å². The Balaban J connectivity index is 2.08. The zero-order valence-corrected chi connectivity index (χ0v) is 13.6. The van der Waals surface area contributed by atoms with Crippen molar-refractivity contribution in [1.82, 2.24) is 9.62 Å². The summed E-state index contributed by atoms with van der Waals surface area (Å²) in [6.45, 7) is 6.84. The van der Waals surface area contributed by atoms with Gasteiger partial charge in [-0.3, -0.25) is 0 Å². The van der Waals surface area contributed by atoms with Gasteiger partial charge in [0.25, 0.3) is 0 Å². The lowest BCUT2D eigenvalue weighted by Gasteiger charge is -2.25. The highest BCUT2D eigenvalue weighted by atomic mass is 32.2. The fourth-order valence-electron chi connectivity index (χ4n) is 2.51. The van der Waals surface area contributed by atoms with Crippen LogP contribution < -0.4 is 5.32 Å². The molecule has 0 unspecified atom stereocenters. The first kappa shape index (κ1) is 16.2. The molecule has 0 amide bonds. The zero-order chi connectivity index (χ0) is 15.3. The zero-order valence-electron chi connectivity index (χ0n) is 12.8. The molecular weight excluding hydrogens is 284 g/mol. The predicted octanol–water partition coefficient (Wildman–Crippen LogP) is 2.28. The quantitative estimate of drug-likeness (QED) is 0.820. The van der Waals surface area contributed by atoms with E-state index < -0.39 is 10.0 Å². The van der Waals surface area contributed by atoms with Gasteiger partial charge in [-0.1, -0.05) is 42.8 Å². The van der Waals surface area contributed by atoms with Crippen LogP contribution in [0.4, 0.5) is 0 Å². The van der Waals surface area contributed by atoms with Gasteiger partial charge in [0.2, 0.25) is 10.0 Å². The lowest BCUT2D eigenvalue weighted by Crippen LogP contribution is -2.36. The van der Waals surface area contributed by atoms with Crippen molar-refractivity contribution >= 4 is 10.0 Å². The molecule has 2 rings (SSSR count). The Morgan fingerprint density at radius 3 is 2.76 bits per heavy atom. The van der Waals surface area contributed by atoms with Crippen LogP contribution in [-0.2, 0) is 22.3 Å². The Morgan fingerprint density at radius 2 is 2.05 bits per heavy atom. The first-order valence-electron chi connectivity index (χ1n) is 7.43. The molecule has 116 valence electrons. The molecule has 0 atom stereocenters. The summed E-state index contributed by atoms with van der Waals surface area (Å²) in [6, 6.07) is 7.82. The van der Waals surface area contributed by atoms with E-state index >= 15 is 0 Å². The molecule has 4 nitrogen and oxygen atoms in total. The van der Waals surface area contributed by atoms with Crippen molar-refractivity contribution < 1.29 is 8.42 Å². The van der Waals surface area contributed by atoms with E-state index in [2.05, 4.69) is 18.3 Å². The van der Waals surface area contributed by atoms with Gasteiger partial charge in [-0.2, -0.15) is 4.31 Å². The molecule has 0 saturated carbocycles. The van der Waals surface area contributed by atoms with E-state index in [0.717, 1.165) is 36.2 Å². The highest BCUT2D eigenvalue weighted by Gasteiger charge is 2.24. The van der Waals surface area contributed by atoms with E-state index in [1.807, 2.05) is 31.2 Å². The average molecular weight is 308 g/mol. The van der Waals surface area contributed by atoms with E-state index in [4.69, 9.17) is 0 Å². The summed E-state index contributed by atoms with van der Waals surface area (Å²) >= 11 is 0. The van der Waals surface area contributed by atoms with Crippen molar-refractivity contribution in [1.29, 1.82) is 0 Å². The Bertz CT molecular complexity index is 608. The van der Waals surface area contributed by atoms with E-state index in [-0.39, 0.29) is 5.75 Å². The number of rotatable bonds is 6. The predicted molar refractivity (Wildman–Crippen MR) is 86.4 cm³/mol. The molecule has 1 aromatic rings. The van der Waals surface area contributed by atoms with E-state index in [1.54, 1.807) is 4.31 Å². The maximum absolute atomic E-state index is 12.5. The number of nitrogens with zero attached hydrogens (tertiary/aromatic N) is 1. The normalized spacial score (nSPS) is 16.8. The third-order valence-corrected chi connectivity index (χ3v) is 5.41. The molecule has 1 heterocycles. The van der Waals surface area contributed by atoms with Crippen LogP contribution in [0.5, 0.6) is 0 Å². The van der Waals surface area contributed by atoms with Crippen molar-refractivity contribution in [2.45, 2.75) is 32.6 Å². The molecule has 1 aliphatic rings. The fourth-order valence-corrected chi connectivity index (χ4v) is 4.08. The molecule has 0 fully saturated rings. The monoisotopic (exact) mass is 308 g/mol. The minimum absolute atomic E-state index is 0.0836. The molecule has 1 N–H and O–H groups in total. The highest BCUT2D eigenvalue weighted by molar-refractivity contribution is 7.88. The summed E-state index contributed by atoms with van der Waals surface area (Å²) in [6.07, 6.45) is 2.93. The lowest BCUT2D eigenvalue weighted by molar-refractivity contribution is 0.427. The first-order valence-corrected chi connectivity index (χ1v) is 9.04. The summed E-state index contributed by atoms with van der Waals surface area (Å²) in [5, 5.41) is 3.26. The number of sulfonamides is 1. The molecule has 0 aliphatic carbocycles. The second-order valence-electron chi connectivity index (χ2n) is 5.53. The van der Waals surface area contributed by atoms with Crippen molar-refractivity contribution in [3.8, 4) is 0 Å². The average Bonchev–Trinajstić information content (AvgIpc) is 2.45. The molecule has 1 aliphatic heterocycles. The van der Waals surface area contributed by atoms with E-state index in [0.29, 0.717) is 13.1 Å².